The van der Waals surface area contributed by atoms with E-state index in [0.717, 1.165) is 29.3 Å². The van der Waals surface area contributed by atoms with Gasteiger partial charge in [-0.3, -0.25) is 4.79 Å². The van der Waals surface area contributed by atoms with Gasteiger partial charge in [0.1, 0.15) is 5.75 Å². The minimum absolute atomic E-state index is 0.127. The summed E-state index contributed by atoms with van der Waals surface area (Å²) >= 11 is 1.81. The molecular formula is C19H21NO2S. The zero-order chi connectivity index (χ0) is 16.2. The van der Waals surface area contributed by atoms with E-state index < -0.39 is 0 Å². The molecule has 0 bridgehead atoms. The lowest BCUT2D eigenvalue weighted by molar-refractivity contribution is -0.119. The molecule has 1 heterocycles. The number of thioether (sulfide) groups is 1. The van der Waals surface area contributed by atoms with Crippen molar-refractivity contribution >= 4 is 23.4 Å². The van der Waals surface area contributed by atoms with E-state index in [-0.39, 0.29) is 5.91 Å². The van der Waals surface area contributed by atoms with Crippen LogP contribution in [0.25, 0.3) is 0 Å². The molecule has 0 unspecified atom stereocenters. The maximum absolute atomic E-state index is 12.5. The lowest BCUT2D eigenvalue weighted by Gasteiger charge is -2.29. The summed E-state index contributed by atoms with van der Waals surface area (Å²) in [6, 6.07) is 14.2. The number of fused-ring (bicyclic) bond motifs is 1. The van der Waals surface area contributed by atoms with Crippen molar-refractivity contribution in [3.8, 4) is 5.75 Å². The fourth-order valence-corrected chi connectivity index (χ4v) is 3.77. The van der Waals surface area contributed by atoms with Gasteiger partial charge in [0.15, 0.2) is 0 Å². The van der Waals surface area contributed by atoms with Crippen molar-refractivity contribution in [2.45, 2.75) is 25.2 Å². The van der Waals surface area contributed by atoms with Crippen LogP contribution in [0.5, 0.6) is 5.75 Å². The number of ether oxygens (including phenoxy) is 1. The molecule has 1 aliphatic rings. The van der Waals surface area contributed by atoms with Crippen LogP contribution in [0.4, 0.5) is 5.69 Å². The molecule has 0 saturated heterocycles. The average Bonchev–Trinajstić information content (AvgIpc) is 2.56. The van der Waals surface area contributed by atoms with Gasteiger partial charge >= 0.3 is 0 Å². The Labute approximate surface area is 141 Å². The molecule has 23 heavy (non-hydrogen) atoms. The molecule has 2 aromatic carbocycles. The van der Waals surface area contributed by atoms with Gasteiger partial charge in [0.25, 0.3) is 0 Å². The normalized spacial score (nSPS) is 13.6. The predicted molar refractivity (Wildman–Crippen MR) is 95.5 cm³/mol. The number of anilines is 1. The predicted octanol–water partition coefficient (Wildman–Crippen LogP) is 4.21. The first-order valence-corrected chi connectivity index (χ1v) is 8.86. The SMILES string of the molecule is Cc1ccc(OCCC(=O)N2CCSc3ccccc32)c(C)c1. The molecule has 0 spiro atoms. The number of nitrogens with zero attached hydrogens (tertiary/aromatic N) is 1. The number of aryl methyl sites for hydroxylation is 2. The van der Waals surface area contributed by atoms with Gasteiger partial charge in [0.05, 0.1) is 18.7 Å². The summed E-state index contributed by atoms with van der Waals surface area (Å²) in [5.74, 6) is 1.93. The van der Waals surface area contributed by atoms with Gasteiger partial charge < -0.3 is 9.64 Å². The standard InChI is InChI=1S/C19H21NO2S/c1-14-7-8-17(15(2)13-14)22-11-9-19(21)20-10-12-23-18-6-4-3-5-16(18)20/h3-8,13H,9-12H2,1-2H3. The molecule has 120 valence electrons. The molecule has 0 N–H and O–H groups in total. The highest BCUT2D eigenvalue weighted by molar-refractivity contribution is 7.99. The Kier molecular flexibility index (Phi) is 4.91. The summed E-state index contributed by atoms with van der Waals surface area (Å²) in [5.41, 5.74) is 3.35. The highest BCUT2D eigenvalue weighted by Crippen LogP contribution is 2.34. The lowest BCUT2D eigenvalue weighted by atomic mass is 10.1. The van der Waals surface area contributed by atoms with Crippen LogP contribution in [0.1, 0.15) is 17.5 Å². The molecule has 4 heteroatoms. The number of hydrogen-bond donors (Lipinski definition) is 0. The second-order valence-corrected chi connectivity index (χ2v) is 6.87. The van der Waals surface area contributed by atoms with Crippen molar-refractivity contribution in [1.29, 1.82) is 0 Å². The highest BCUT2D eigenvalue weighted by Gasteiger charge is 2.22. The minimum atomic E-state index is 0.127. The van der Waals surface area contributed by atoms with Gasteiger partial charge in [-0.2, -0.15) is 0 Å². The third-order valence-corrected chi connectivity index (χ3v) is 4.98. The van der Waals surface area contributed by atoms with E-state index in [9.17, 15) is 4.79 Å². The van der Waals surface area contributed by atoms with Crippen LogP contribution in [0, 0.1) is 13.8 Å². The summed E-state index contributed by atoms with van der Waals surface area (Å²) in [6.45, 7) is 5.27. The van der Waals surface area contributed by atoms with E-state index in [1.165, 1.54) is 10.5 Å². The summed E-state index contributed by atoms with van der Waals surface area (Å²) in [4.78, 5) is 15.6. The van der Waals surface area contributed by atoms with Crippen LogP contribution >= 0.6 is 11.8 Å². The van der Waals surface area contributed by atoms with Crippen LogP contribution in [0.2, 0.25) is 0 Å². The number of benzene rings is 2. The molecule has 3 nitrogen and oxygen atoms in total. The van der Waals surface area contributed by atoms with E-state index in [4.69, 9.17) is 4.74 Å². The zero-order valence-electron chi connectivity index (χ0n) is 13.5. The van der Waals surface area contributed by atoms with E-state index in [0.29, 0.717) is 13.0 Å². The molecule has 2 aromatic rings. The first-order chi connectivity index (χ1) is 11.1. The van der Waals surface area contributed by atoms with Gasteiger partial charge in [-0.25, -0.2) is 0 Å². The largest absolute Gasteiger partial charge is 0.493 e. The molecule has 1 aliphatic heterocycles. The van der Waals surface area contributed by atoms with Crippen molar-refractivity contribution < 1.29 is 9.53 Å². The summed E-state index contributed by atoms with van der Waals surface area (Å²) in [7, 11) is 0. The molecular weight excluding hydrogens is 306 g/mol. The summed E-state index contributed by atoms with van der Waals surface area (Å²) in [5, 5.41) is 0. The number of rotatable bonds is 4. The first-order valence-electron chi connectivity index (χ1n) is 7.87. The molecule has 0 aliphatic carbocycles. The Morgan fingerprint density at radius 1 is 1.22 bits per heavy atom. The van der Waals surface area contributed by atoms with Crippen LogP contribution < -0.4 is 9.64 Å². The summed E-state index contributed by atoms with van der Waals surface area (Å²) < 4.78 is 5.79. The van der Waals surface area contributed by atoms with Crippen LogP contribution in [-0.4, -0.2) is 24.8 Å². The van der Waals surface area contributed by atoms with Crippen molar-refractivity contribution in [3.05, 3.63) is 53.6 Å². The Morgan fingerprint density at radius 2 is 2.04 bits per heavy atom. The van der Waals surface area contributed by atoms with Gasteiger partial charge in [-0.15, -0.1) is 11.8 Å². The maximum Gasteiger partial charge on any atom is 0.230 e. The van der Waals surface area contributed by atoms with Gasteiger partial charge in [-0.05, 0) is 37.6 Å². The minimum Gasteiger partial charge on any atom is -0.493 e. The molecule has 0 atom stereocenters. The second-order valence-electron chi connectivity index (χ2n) is 5.73. The number of amides is 1. The van der Waals surface area contributed by atoms with Crippen molar-refractivity contribution in [1.82, 2.24) is 0 Å². The Morgan fingerprint density at radius 3 is 2.87 bits per heavy atom. The van der Waals surface area contributed by atoms with Crippen molar-refractivity contribution in [3.63, 3.8) is 0 Å². The fraction of sp³-hybridized carbons (Fsp3) is 0.316. The van der Waals surface area contributed by atoms with Crippen LogP contribution in [0.3, 0.4) is 0 Å². The highest BCUT2D eigenvalue weighted by atomic mass is 32.2. The van der Waals surface area contributed by atoms with E-state index in [1.54, 1.807) is 0 Å². The maximum atomic E-state index is 12.5. The molecule has 0 radical (unpaired) electrons. The second kappa shape index (κ2) is 7.09. The number of hydrogen-bond acceptors (Lipinski definition) is 3. The van der Waals surface area contributed by atoms with Gasteiger partial charge in [0.2, 0.25) is 5.91 Å². The molecule has 1 amide bonds. The van der Waals surface area contributed by atoms with Crippen molar-refractivity contribution in [2.75, 3.05) is 23.8 Å². The molecule has 0 fully saturated rings. The Bertz CT molecular complexity index is 714. The topological polar surface area (TPSA) is 29.5 Å². The summed E-state index contributed by atoms with van der Waals surface area (Å²) in [6.07, 6.45) is 0.395. The molecule has 0 saturated carbocycles. The monoisotopic (exact) mass is 327 g/mol. The Hall–Kier alpha value is -1.94. The number of carbonyl (C=O) groups excluding carboxylic acids is 1. The quantitative estimate of drug-likeness (QED) is 0.842. The van der Waals surface area contributed by atoms with E-state index in [2.05, 4.69) is 19.1 Å². The number of para-hydroxylation sites is 1. The average molecular weight is 327 g/mol. The van der Waals surface area contributed by atoms with Gasteiger partial charge in [0, 0.05) is 17.2 Å². The molecule has 3 rings (SSSR count). The van der Waals surface area contributed by atoms with Crippen molar-refractivity contribution in [2.24, 2.45) is 0 Å². The third-order valence-electron chi connectivity index (χ3n) is 3.93. The zero-order valence-corrected chi connectivity index (χ0v) is 14.4. The molecule has 0 aromatic heterocycles. The van der Waals surface area contributed by atoms with Crippen LogP contribution in [0.15, 0.2) is 47.4 Å². The Balaban J connectivity index is 1.60. The van der Waals surface area contributed by atoms with E-state index in [1.807, 2.05) is 53.9 Å². The third kappa shape index (κ3) is 3.70. The van der Waals surface area contributed by atoms with Crippen LogP contribution in [-0.2, 0) is 4.79 Å². The van der Waals surface area contributed by atoms with Gasteiger partial charge in [-0.1, -0.05) is 29.8 Å². The lowest BCUT2D eigenvalue weighted by Crippen LogP contribution is -2.36. The number of carbonyl (C=O) groups is 1. The fourth-order valence-electron chi connectivity index (χ4n) is 2.77. The van der Waals surface area contributed by atoms with E-state index >= 15 is 0 Å². The smallest absolute Gasteiger partial charge is 0.230 e. The first kappa shape index (κ1) is 15.9.